The molecule has 6 nitrogen and oxygen atoms in total. The van der Waals surface area contributed by atoms with Crippen LogP contribution in [0.2, 0.25) is 0 Å². The molecule has 0 bridgehead atoms. The number of anilines is 1. The Labute approximate surface area is 106 Å². The van der Waals surface area contributed by atoms with Gasteiger partial charge in [0.15, 0.2) is 0 Å². The number of carbonyl (C=O) groups excluding carboxylic acids is 2. The third kappa shape index (κ3) is 4.73. The molecule has 0 saturated carbocycles. The fourth-order valence-electron chi connectivity index (χ4n) is 1.31. The number of urea groups is 1. The van der Waals surface area contributed by atoms with E-state index in [1.54, 1.807) is 13.0 Å². The van der Waals surface area contributed by atoms with Gasteiger partial charge >= 0.3 is 12.1 Å². The summed E-state index contributed by atoms with van der Waals surface area (Å²) >= 11 is 0. The number of hydrogen-bond acceptors (Lipinski definition) is 3. The number of rotatable bonds is 3. The molecule has 1 aromatic carbocycles. The lowest BCUT2D eigenvalue weighted by atomic mass is 10.1. The smallest absolute Gasteiger partial charge is 0.426 e. The summed E-state index contributed by atoms with van der Waals surface area (Å²) in [7, 11) is 0. The van der Waals surface area contributed by atoms with Gasteiger partial charge in [0.2, 0.25) is 0 Å². The zero-order valence-electron chi connectivity index (χ0n) is 10.4. The molecule has 0 radical (unpaired) electrons. The van der Waals surface area contributed by atoms with Crippen molar-refractivity contribution in [2.45, 2.75) is 20.3 Å². The first-order valence-corrected chi connectivity index (χ1v) is 5.74. The molecular formula is C12H17N3O3. The van der Waals surface area contributed by atoms with Crippen LogP contribution >= 0.6 is 0 Å². The number of benzene rings is 1. The van der Waals surface area contributed by atoms with Gasteiger partial charge in [-0.25, -0.2) is 20.4 Å². The molecule has 0 heterocycles. The Morgan fingerprint density at radius 2 is 2.00 bits per heavy atom. The van der Waals surface area contributed by atoms with Gasteiger partial charge in [-0.05, 0) is 31.0 Å². The molecule has 3 N–H and O–H groups in total. The summed E-state index contributed by atoms with van der Waals surface area (Å²) < 4.78 is 4.59. The minimum atomic E-state index is -0.699. The third-order valence-corrected chi connectivity index (χ3v) is 2.15. The minimum absolute atomic E-state index is 0.244. The normalized spacial score (nSPS) is 9.44. The van der Waals surface area contributed by atoms with E-state index >= 15 is 0 Å². The van der Waals surface area contributed by atoms with Gasteiger partial charge in [-0.15, -0.1) is 0 Å². The van der Waals surface area contributed by atoms with Crippen LogP contribution in [0.25, 0.3) is 0 Å². The third-order valence-electron chi connectivity index (χ3n) is 2.15. The van der Waals surface area contributed by atoms with Crippen LogP contribution in [0.3, 0.4) is 0 Å². The molecule has 0 aromatic heterocycles. The monoisotopic (exact) mass is 251 g/mol. The number of hydrogen-bond donors (Lipinski definition) is 3. The molecule has 0 aliphatic carbocycles. The molecular weight excluding hydrogens is 234 g/mol. The second kappa shape index (κ2) is 7.16. The largest absolute Gasteiger partial charge is 0.449 e. The number of carbonyl (C=O) groups is 2. The zero-order valence-corrected chi connectivity index (χ0v) is 10.4. The Kier molecular flexibility index (Phi) is 5.50. The van der Waals surface area contributed by atoms with E-state index < -0.39 is 12.1 Å². The summed E-state index contributed by atoms with van der Waals surface area (Å²) in [4.78, 5) is 22.4. The molecule has 6 heteroatoms. The van der Waals surface area contributed by atoms with Crippen LogP contribution in [0, 0.1) is 0 Å². The molecule has 98 valence electrons. The number of hydrazine groups is 1. The van der Waals surface area contributed by atoms with Crippen molar-refractivity contribution in [3.8, 4) is 0 Å². The number of nitrogens with one attached hydrogen (secondary N) is 3. The van der Waals surface area contributed by atoms with Crippen molar-refractivity contribution in [2.75, 3.05) is 11.9 Å². The van der Waals surface area contributed by atoms with E-state index in [1.165, 1.54) is 0 Å². The fourth-order valence-corrected chi connectivity index (χ4v) is 1.31. The second-order valence-corrected chi connectivity index (χ2v) is 3.48. The van der Waals surface area contributed by atoms with Crippen LogP contribution < -0.4 is 16.2 Å². The van der Waals surface area contributed by atoms with Crippen LogP contribution in [0.4, 0.5) is 15.3 Å². The minimum Gasteiger partial charge on any atom is -0.449 e. The van der Waals surface area contributed by atoms with Crippen molar-refractivity contribution in [3.05, 3.63) is 29.8 Å². The first-order chi connectivity index (χ1) is 8.65. The Morgan fingerprint density at radius 3 is 2.67 bits per heavy atom. The maximum Gasteiger partial charge on any atom is 0.426 e. The molecule has 0 fully saturated rings. The Morgan fingerprint density at radius 1 is 1.22 bits per heavy atom. The molecule has 18 heavy (non-hydrogen) atoms. The van der Waals surface area contributed by atoms with E-state index in [1.807, 2.05) is 25.1 Å². The van der Waals surface area contributed by atoms with E-state index in [0.717, 1.165) is 12.0 Å². The quantitative estimate of drug-likeness (QED) is 0.719. The molecule has 0 aliphatic rings. The summed E-state index contributed by atoms with van der Waals surface area (Å²) in [6.07, 6.45) is 0.188. The van der Waals surface area contributed by atoms with Gasteiger partial charge in [-0.3, -0.25) is 0 Å². The molecule has 0 atom stereocenters. The molecule has 1 aromatic rings. The van der Waals surface area contributed by atoms with Gasteiger partial charge in [0, 0.05) is 5.69 Å². The Balaban J connectivity index is 2.42. The molecule has 0 saturated heterocycles. The summed E-state index contributed by atoms with van der Waals surface area (Å²) in [5.74, 6) is 0. The predicted molar refractivity (Wildman–Crippen MR) is 68.1 cm³/mol. The maximum atomic E-state index is 11.4. The van der Waals surface area contributed by atoms with E-state index in [-0.39, 0.29) is 6.61 Å². The van der Waals surface area contributed by atoms with Crippen molar-refractivity contribution in [1.29, 1.82) is 0 Å². The number of amides is 3. The topological polar surface area (TPSA) is 79.5 Å². The zero-order chi connectivity index (χ0) is 13.4. The van der Waals surface area contributed by atoms with Gasteiger partial charge in [0.1, 0.15) is 0 Å². The lowest BCUT2D eigenvalue weighted by Crippen LogP contribution is -2.44. The van der Waals surface area contributed by atoms with E-state index in [0.29, 0.717) is 5.69 Å². The average molecular weight is 251 g/mol. The molecule has 0 unspecified atom stereocenters. The van der Waals surface area contributed by atoms with Gasteiger partial charge < -0.3 is 10.1 Å². The summed E-state index contributed by atoms with van der Waals surface area (Å²) in [5, 5.41) is 2.59. The van der Waals surface area contributed by atoms with Crippen LogP contribution in [-0.2, 0) is 11.2 Å². The van der Waals surface area contributed by atoms with E-state index in [9.17, 15) is 9.59 Å². The predicted octanol–water partition coefficient (Wildman–Crippen LogP) is 2.03. The highest BCUT2D eigenvalue weighted by Crippen LogP contribution is 2.10. The van der Waals surface area contributed by atoms with Crippen molar-refractivity contribution >= 4 is 17.8 Å². The van der Waals surface area contributed by atoms with Crippen LogP contribution in [0.5, 0.6) is 0 Å². The van der Waals surface area contributed by atoms with Gasteiger partial charge in [-0.2, -0.15) is 0 Å². The average Bonchev–Trinajstić information content (AvgIpc) is 2.37. The van der Waals surface area contributed by atoms with Crippen molar-refractivity contribution in [2.24, 2.45) is 0 Å². The first-order valence-electron chi connectivity index (χ1n) is 5.74. The van der Waals surface area contributed by atoms with Gasteiger partial charge in [0.05, 0.1) is 6.61 Å². The van der Waals surface area contributed by atoms with Crippen molar-refractivity contribution < 1.29 is 14.3 Å². The van der Waals surface area contributed by atoms with Crippen LogP contribution in [0.15, 0.2) is 24.3 Å². The highest BCUT2D eigenvalue weighted by Gasteiger charge is 2.04. The summed E-state index contributed by atoms with van der Waals surface area (Å²) in [6.45, 7) is 3.95. The Bertz CT molecular complexity index is 421. The second-order valence-electron chi connectivity index (χ2n) is 3.48. The lowest BCUT2D eigenvalue weighted by molar-refractivity contribution is 0.148. The van der Waals surface area contributed by atoms with Crippen LogP contribution in [0.1, 0.15) is 19.4 Å². The molecule has 0 aliphatic heterocycles. The molecule has 3 amide bonds. The number of aryl methyl sites for hydroxylation is 1. The Hall–Kier alpha value is -2.24. The summed E-state index contributed by atoms with van der Waals surface area (Å²) in [5.41, 5.74) is 6.07. The van der Waals surface area contributed by atoms with E-state index in [2.05, 4.69) is 20.9 Å². The standard InChI is InChI=1S/C12H17N3O3/c1-3-9-6-5-7-10(8-9)13-11(16)14-15-12(17)18-4-2/h5-8H,3-4H2,1-2H3,(H,15,17)(H2,13,14,16). The van der Waals surface area contributed by atoms with E-state index in [4.69, 9.17) is 0 Å². The highest BCUT2D eigenvalue weighted by molar-refractivity contribution is 5.90. The fraction of sp³-hybridized carbons (Fsp3) is 0.333. The molecule has 1 rings (SSSR count). The van der Waals surface area contributed by atoms with Crippen molar-refractivity contribution in [1.82, 2.24) is 10.9 Å². The first kappa shape index (κ1) is 13.8. The van der Waals surface area contributed by atoms with Gasteiger partial charge in [-0.1, -0.05) is 19.1 Å². The van der Waals surface area contributed by atoms with Crippen molar-refractivity contribution in [3.63, 3.8) is 0 Å². The van der Waals surface area contributed by atoms with Gasteiger partial charge in [0.25, 0.3) is 0 Å². The maximum absolute atomic E-state index is 11.4. The lowest BCUT2D eigenvalue weighted by Gasteiger charge is -2.09. The highest BCUT2D eigenvalue weighted by atomic mass is 16.6. The number of ether oxygens (including phenoxy) is 1. The van der Waals surface area contributed by atoms with Crippen LogP contribution in [-0.4, -0.2) is 18.7 Å². The summed E-state index contributed by atoms with van der Waals surface area (Å²) in [6, 6.07) is 6.93. The SMILES string of the molecule is CCOC(=O)NNC(=O)Nc1cccc(CC)c1. The molecule has 0 spiro atoms.